The molecule has 0 atom stereocenters. The first-order valence-electron chi connectivity index (χ1n) is 8.29. The van der Waals surface area contributed by atoms with E-state index in [0.717, 1.165) is 47.4 Å². The first kappa shape index (κ1) is 22.5. The second-order valence-corrected chi connectivity index (χ2v) is 6.53. The number of methoxy groups -OCH3 is 2. The molecule has 0 amide bonds. The fourth-order valence-electron chi connectivity index (χ4n) is 2.41. The first-order valence-corrected chi connectivity index (χ1v) is 9.11. The van der Waals surface area contributed by atoms with Crippen LogP contribution in [0.1, 0.15) is 22.4 Å². The topological polar surface area (TPSA) is 67.8 Å². The minimum absolute atomic E-state index is 0. The molecule has 0 unspecified atom stereocenters. The SMILES string of the molecule is CCc1cnc(CCNC(=NC)NCc2cccc(OC)c2OC)s1.I. The van der Waals surface area contributed by atoms with Crippen LogP contribution in [-0.4, -0.2) is 38.8 Å². The summed E-state index contributed by atoms with van der Waals surface area (Å²) in [5.74, 6) is 2.21. The van der Waals surface area contributed by atoms with Crippen molar-refractivity contribution in [1.82, 2.24) is 15.6 Å². The Kier molecular flexibility index (Phi) is 10.3. The third-order valence-corrected chi connectivity index (χ3v) is 4.94. The Morgan fingerprint density at radius 2 is 2.04 bits per heavy atom. The normalized spacial score (nSPS) is 10.8. The van der Waals surface area contributed by atoms with Gasteiger partial charge in [0.1, 0.15) is 0 Å². The van der Waals surface area contributed by atoms with Gasteiger partial charge >= 0.3 is 0 Å². The smallest absolute Gasteiger partial charge is 0.191 e. The summed E-state index contributed by atoms with van der Waals surface area (Å²) in [5.41, 5.74) is 1.01. The van der Waals surface area contributed by atoms with Gasteiger partial charge < -0.3 is 20.1 Å². The second-order valence-electron chi connectivity index (χ2n) is 5.33. The predicted octanol–water partition coefficient (Wildman–Crippen LogP) is 3.25. The van der Waals surface area contributed by atoms with Gasteiger partial charge in [-0.15, -0.1) is 35.3 Å². The van der Waals surface area contributed by atoms with Crippen LogP contribution in [0.15, 0.2) is 29.4 Å². The molecule has 0 bridgehead atoms. The lowest BCUT2D eigenvalue weighted by molar-refractivity contribution is 0.351. The zero-order valence-corrected chi connectivity index (χ0v) is 18.8. The van der Waals surface area contributed by atoms with Crippen molar-refractivity contribution in [2.75, 3.05) is 27.8 Å². The van der Waals surface area contributed by atoms with E-state index in [-0.39, 0.29) is 24.0 Å². The molecule has 2 N–H and O–H groups in total. The number of aromatic nitrogens is 1. The third-order valence-electron chi connectivity index (χ3n) is 3.74. The molecule has 26 heavy (non-hydrogen) atoms. The fourth-order valence-corrected chi connectivity index (χ4v) is 3.27. The Hall–Kier alpha value is -1.55. The summed E-state index contributed by atoms with van der Waals surface area (Å²) in [6.45, 7) is 3.52. The molecule has 0 radical (unpaired) electrons. The van der Waals surface area contributed by atoms with Crippen molar-refractivity contribution >= 4 is 41.3 Å². The molecule has 2 rings (SSSR count). The molecular weight excluding hydrogens is 463 g/mol. The highest BCUT2D eigenvalue weighted by Crippen LogP contribution is 2.30. The van der Waals surface area contributed by atoms with E-state index in [0.29, 0.717) is 6.54 Å². The summed E-state index contributed by atoms with van der Waals surface area (Å²) in [4.78, 5) is 10.0. The van der Waals surface area contributed by atoms with Crippen LogP contribution in [-0.2, 0) is 19.4 Å². The molecule has 0 fully saturated rings. The molecule has 0 saturated heterocycles. The Bertz CT molecular complexity index is 706. The Balaban J connectivity index is 0.00000338. The maximum atomic E-state index is 5.45. The summed E-state index contributed by atoms with van der Waals surface area (Å²) >= 11 is 1.77. The second kappa shape index (κ2) is 11.9. The lowest BCUT2D eigenvalue weighted by Crippen LogP contribution is -2.37. The lowest BCUT2D eigenvalue weighted by Gasteiger charge is -2.15. The van der Waals surface area contributed by atoms with Crippen LogP contribution in [0, 0.1) is 0 Å². The number of aryl methyl sites for hydroxylation is 1. The number of nitrogens with zero attached hydrogens (tertiary/aromatic N) is 2. The van der Waals surface area contributed by atoms with Crippen LogP contribution in [0.3, 0.4) is 0 Å². The number of hydrogen-bond donors (Lipinski definition) is 2. The van der Waals surface area contributed by atoms with Crippen molar-refractivity contribution in [1.29, 1.82) is 0 Å². The molecule has 1 heterocycles. The molecule has 0 spiro atoms. The van der Waals surface area contributed by atoms with Crippen LogP contribution < -0.4 is 20.1 Å². The molecule has 144 valence electrons. The van der Waals surface area contributed by atoms with Gasteiger partial charge in [0.2, 0.25) is 0 Å². The zero-order chi connectivity index (χ0) is 18.1. The third kappa shape index (κ3) is 6.31. The highest BCUT2D eigenvalue weighted by molar-refractivity contribution is 14.0. The van der Waals surface area contributed by atoms with Crippen LogP contribution in [0.4, 0.5) is 0 Å². The molecule has 0 aliphatic rings. The molecular formula is C18H27IN4O2S. The molecule has 6 nitrogen and oxygen atoms in total. The van der Waals surface area contributed by atoms with Gasteiger partial charge in [-0.1, -0.05) is 19.1 Å². The number of aliphatic imine (C=N–C) groups is 1. The van der Waals surface area contributed by atoms with Gasteiger partial charge in [0, 0.05) is 43.2 Å². The van der Waals surface area contributed by atoms with E-state index in [1.807, 2.05) is 24.4 Å². The number of halogens is 1. The molecule has 1 aromatic carbocycles. The van der Waals surface area contributed by atoms with E-state index < -0.39 is 0 Å². The van der Waals surface area contributed by atoms with Gasteiger partial charge in [-0.2, -0.15) is 0 Å². The van der Waals surface area contributed by atoms with Gasteiger partial charge in [0.15, 0.2) is 17.5 Å². The van der Waals surface area contributed by atoms with Gasteiger partial charge in [-0.3, -0.25) is 4.99 Å². The van der Waals surface area contributed by atoms with E-state index in [1.54, 1.807) is 32.6 Å². The Labute approximate surface area is 176 Å². The molecule has 0 aliphatic heterocycles. The number of guanidine groups is 1. The number of rotatable bonds is 8. The summed E-state index contributed by atoms with van der Waals surface area (Å²) in [6, 6.07) is 5.83. The summed E-state index contributed by atoms with van der Waals surface area (Å²) in [6.07, 6.45) is 3.88. The van der Waals surface area contributed by atoms with Crippen LogP contribution >= 0.6 is 35.3 Å². The fraction of sp³-hybridized carbons (Fsp3) is 0.444. The van der Waals surface area contributed by atoms with Crippen molar-refractivity contribution in [2.24, 2.45) is 4.99 Å². The van der Waals surface area contributed by atoms with E-state index in [2.05, 4.69) is 27.5 Å². The van der Waals surface area contributed by atoms with Crippen LogP contribution in [0.5, 0.6) is 11.5 Å². The highest BCUT2D eigenvalue weighted by atomic mass is 127. The number of hydrogen-bond acceptors (Lipinski definition) is 5. The maximum Gasteiger partial charge on any atom is 0.191 e. The largest absolute Gasteiger partial charge is 0.493 e. The van der Waals surface area contributed by atoms with Gasteiger partial charge in [0.25, 0.3) is 0 Å². The van der Waals surface area contributed by atoms with Crippen molar-refractivity contribution in [3.8, 4) is 11.5 Å². The predicted molar refractivity (Wildman–Crippen MR) is 118 cm³/mol. The number of benzene rings is 1. The molecule has 0 aliphatic carbocycles. The van der Waals surface area contributed by atoms with Crippen LogP contribution in [0.2, 0.25) is 0 Å². The molecule has 0 saturated carbocycles. The number of thiazole rings is 1. The monoisotopic (exact) mass is 490 g/mol. The standard InChI is InChI=1S/C18H26N4O2S.HI/c1-5-14-12-21-16(25-14)9-10-20-18(19-2)22-11-13-7-6-8-15(23-3)17(13)24-4;/h6-8,12H,5,9-11H2,1-4H3,(H2,19,20,22);1H. The molecule has 2 aromatic rings. The average Bonchev–Trinajstić information content (AvgIpc) is 3.11. The van der Waals surface area contributed by atoms with Gasteiger partial charge in [0.05, 0.1) is 19.2 Å². The maximum absolute atomic E-state index is 5.45. The van der Waals surface area contributed by atoms with Crippen molar-refractivity contribution in [3.05, 3.63) is 39.8 Å². The minimum Gasteiger partial charge on any atom is -0.493 e. The first-order chi connectivity index (χ1) is 12.2. The average molecular weight is 490 g/mol. The van der Waals surface area contributed by atoms with Gasteiger partial charge in [-0.25, -0.2) is 4.98 Å². The van der Waals surface area contributed by atoms with Crippen molar-refractivity contribution in [3.63, 3.8) is 0 Å². The number of nitrogens with one attached hydrogen (secondary N) is 2. The summed E-state index contributed by atoms with van der Waals surface area (Å²) < 4.78 is 10.8. The van der Waals surface area contributed by atoms with E-state index in [9.17, 15) is 0 Å². The highest BCUT2D eigenvalue weighted by Gasteiger charge is 2.10. The Morgan fingerprint density at radius 1 is 1.23 bits per heavy atom. The van der Waals surface area contributed by atoms with Gasteiger partial charge in [-0.05, 0) is 12.5 Å². The Morgan fingerprint density at radius 3 is 2.65 bits per heavy atom. The van der Waals surface area contributed by atoms with Crippen molar-refractivity contribution in [2.45, 2.75) is 26.3 Å². The van der Waals surface area contributed by atoms with Crippen LogP contribution in [0.25, 0.3) is 0 Å². The van der Waals surface area contributed by atoms with E-state index in [1.165, 1.54) is 4.88 Å². The quantitative estimate of drug-likeness (QED) is 0.338. The summed E-state index contributed by atoms with van der Waals surface area (Å²) in [5, 5.41) is 7.76. The van der Waals surface area contributed by atoms with Crippen molar-refractivity contribution < 1.29 is 9.47 Å². The summed E-state index contributed by atoms with van der Waals surface area (Å²) in [7, 11) is 5.04. The van der Waals surface area contributed by atoms with E-state index in [4.69, 9.17) is 9.47 Å². The lowest BCUT2D eigenvalue weighted by atomic mass is 10.2. The van der Waals surface area contributed by atoms with E-state index >= 15 is 0 Å². The molecule has 1 aromatic heterocycles. The minimum atomic E-state index is 0. The number of para-hydroxylation sites is 1. The molecule has 8 heteroatoms. The zero-order valence-electron chi connectivity index (χ0n) is 15.7. The number of ether oxygens (including phenoxy) is 2.